The van der Waals surface area contributed by atoms with Crippen LogP contribution in [-0.4, -0.2) is 68.5 Å². The van der Waals surface area contributed by atoms with Gasteiger partial charge in [0.15, 0.2) is 5.43 Å². The van der Waals surface area contributed by atoms with Crippen molar-refractivity contribution in [1.29, 1.82) is 0 Å². The maximum Gasteiger partial charge on any atom is 0.355 e. The molecule has 0 aliphatic carbocycles. The first kappa shape index (κ1) is 27.1. The van der Waals surface area contributed by atoms with E-state index in [0.717, 1.165) is 0 Å². The average molecular weight is 566 g/mol. The van der Waals surface area contributed by atoms with Crippen LogP contribution in [0.5, 0.6) is 0 Å². The number of likely N-dealkylation sites (N-methyl/N-ethyl adjacent to an activating group) is 1. The molecule has 1 aromatic heterocycles. The number of para-hydroxylation sites is 1. The largest absolute Gasteiger partial charge is 0.464 e. The van der Waals surface area contributed by atoms with Crippen LogP contribution in [0.2, 0.25) is 5.02 Å². The summed E-state index contributed by atoms with van der Waals surface area (Å²) in [5.41, 5.74) is 1.86. The first-order chi connectivity index (χ1) is 18.7. The van der Waals surface area contributed by atoms with Crippen molar-refractivity contribution in [2.45, 2.75) is 11.3 Å². The fourth-order valence-corrected chi connectivity index (χ4v) is 6.48. The number of rotatable bonds is 6. The van der Waals surface area contributed by atoms with Crippen molar-refractivity contribution >= 4 is 38.5 Å². The van der Waals surface area contributed by atoms with Gasteiger partial charge in [-0.1, -0.05) is 41.9 Å². The van der Waals surface area contributed by atoms with Crippen LogP contribution in [0.15, 0.2) is 82.5 Å². The second kappa shape index (κ2) is 10.9. The molecule has 10 heteroatoms. The minimum absolute atomic E-state index is 0.0950. The summed E-state index contributed by atoms with van der Waals surface area (Å²) in [4.78, 5) is 29.2. The SMILES string of the molecule is COC(=O)c1c(Cc2ccc(S(=O)(=O)N3CCN(C)CC3)cc2)c(=O)c2ccc(Cl)cc2n1-c1ccccc1. The summed E-state index contributed by atoms with van der Waals surface area (Å²) in [5, 5.41) is 0.826. The third kappa shape index (κ3) is 5.23. The zero-order valence-electron chi connectivity index (χ0n) is 21.6. The van der Waals surface area contributed by atoms with Gasteiger partial charge in [0.25, 0.3) is 0 Å². The van der Waals surface area contributed by atoms with Crippen LogP contribution >= 0.6 is 11.6 Å². The van der Waals surface area contributed by atoms with E-state index < -0.39 is 16.0 Å². The summed E-state index contributed by atoms with van der Waals surface area (Å²) in [6, 6.07) is 20.6. The van der Waals surface area contributed by atoms with Crippen molar-refractivity contribution in [3.05, 3.63) is 105 Å². The lowest BCUT2D eigenvalue weighted by molar-refractivity contribution is 0.0590. The van der Waals surface area contributed by atoms with Gasteiger partial charge in [0.2, 0.25) is 10.0 Å². The summed E-state index contributed by atoms with van der Waals surface area (Å²) in [5.74, 6) is -0.665. The maximum atomic E-state index is 13.8. The number of methoxy groups -OCH3 is 1. The quantitative estimate of drug-likeness (QED) is 0.329. The predicted molar refractivity (Wildman–Crippen MR) is 151 cm³/mol. The Bertz CT molecular complexity index is 1700. The number of carbonyl (C=O) groups excluding carboxylic acids is 1. The van der Waals surface area contributed by atoms with Crippen LogP contribution in [0, 0.1) is 0 Å². The highest BCUT2D eigenvalue weighted by Gasteiger charge is 2.28. The summed E-state index contributed by atoms with van der Waals surface area (Å²) in [7, 11) is -0.394. The summed E-state index contributed by atoms with van der Waals surface area (Å²) < 4.78 is 34.6. The van der Waals surface area contributed by atoms with Gasteiger partial charge in [-0.05, 0) is 55.1 Å². The third-order valence-corrected chi connectivity index (χ3v) is 9.17. The standard InChI is InChI=1S/C29H28ClN3O5S/c1-31-14-16-32(17-15-31)39(36,37)23-11-8-20(9-12-23)18-25-27(29(35)38-2)33(22-6-4-3-5-7-22)26-19-21(30)10-13-24(26)28(25)34/h3-13,19H,14-18H2,1-2H3. The predicted octanol–water partition coefficient (Wildman–Crippen LogP) is 3.96. The van der Waals surface area contributed by atoms with Gasteiger partial charge in [-0.2, -0.15) is 4.31 Å². The Hall–Kier alpha value is -3.50. The Morgan fingerprint density at radius 2 is 1.62 bits per heavy atom. The first-order valence-corrected chi connectivity index (χ1v) is 14.3. The zero-order chi connectivity index (χ0) is 27.7. The molecule has 0 spiro atoms. The Morgan fingerprint density at radius 3 is 2.26 bits per heavy atom. The van der Waals surface area contributed by atoms with E-state index in [1.165, 1.54) is 11.4 Å². The van der Waals surface area contributed by atoms with Crippen molar-refractivity contribution in [1.82, 2.24) is 13.8 Å². The number of sulfonamides is 1. The summed E-state index contributed by atoms with van der Waals surface area (Å²) in [6.07, 6.45) is 0.101. The molecule has 0 bridgehead atoms. The van der Waals surface area contributed by atoms with E-state index in [0.29, 0.717) is 53.4 Å². The lowest BCUT2D eigenvalue weighted by atomic mass is 9.99. The number of hydrogen-bond donors (Lipinski definition) is 0. The van der Waals surface area contributed by atoms with E-state index in [-0.39, 0.29) is 28.0 Å². The number of piperazine rings is 1. The highest BCUT2D eigenvalue weighted by Crippen LogP contribution is 2.27. The Balaban J connectivity index is 1.61. The molecule has 0 N–H and O–H groups in total. The average Bonchev–Trinajstić information content (AvgIpc) is 2.94. The van der Waals surface area contributed by atoms with Crippen LogP contribution in [0.4, 0.5) is 0 Å². The molecule has 202 valence electrons. The molecule has 1 aliphatic heterocycles. The molecule has 0 amide bonds. The van der Waals surface area contributed by atoms with Crippen molar-refractivity contribution < 1.29 is 17.9 Å². The number of fused-ring (bicyclic) bond motifs is 1. The molecule has 0 atom stereocenters. The highest BCUT2D eigenvalue weighted by molar-refractivity contribution is 7.89. The topological polar surface area (TPSA) is 88.9 Å². The van der Waals surface area contributed by atoms with Gasteiger partial charge in [-0.25, -0.2) is 13.2 Å². The van der Waals surface area contributed by atoms with Crippen molar-refractivity contribution in [3.63, 3.8) is 0 Å². The smallest absolute Gasteiger partial charge is 0.355 e. The molecule has 8 nitrogen and oxygen atoms in total. The number of benzene rings is 3. The molecule has 39 heavy (non-hydrogen) atoms. The number of ether oxygens (including phenoxy) is 1. The second-order valence-corrected chi connectivity index (χ2v) is 11.9. The van der Waals surface area contributed by atoms with Crippen LogP contribution in [-0.2, 0) is 21.2 Å². The van der Waals surface area contributed by atoms with Crippen molar-refractivity contribution in [2.75, 3.05) is 40.3 Å². The Kier molecular flexibility index (Phi) is 7.59. The number of pyridine rings is 1. The number of nitrogens with zero attached hydrogens (tertiary/aromatic N) is 3. The van der Waals surface area contributed by atoms with Gasteiger partial charge in [0.1, 0.15) is 5.69 Å². The fourth-order valence-electron chi connectivity index (χ4n) is 4.89. The van der Waals surface area contributed by atoms with Gasteiger partial charge >= 0.3 is 5.97 Å². The monoisotopic (exact) mass is 565 g/mol. The van der Waals surface area contributed by atoms with Crippen LogP contribution in [0.25, 0.3) is 16.6 Å². The molecular formula is C29H28ClN3O5S. The van der Waals surface area contributed by atoms with Crippen molar-refractivity contribution in [3.8, 4) is 5.69 Å². The normalized spacial score (nSPS) is 14.9. The first-order valence-electron chi connectivity index (χ1n) is 12.5. The minimum Gasteiger partial charge on any atom is -0.464 e. The molecule has 4 aromatic rings. The molecule has 0 radical (unpaired) electrons. The lowest BCUT2D eigenvalue weighted by Gasteiger charge is -2.31. The molecular weight excluding hydrogens is 538 g/mol. The molecule has 1 saturated heterocycles. The van der Waals surface area contributed by atoms with Gasteiger partial charge in [-0.15, -0.1) is 0 Å². The maximum absolute atomic E-state index is 13.8. The van der Waals surface area contributed by atoms with E-state index in [1.807, 2.05) is 37.4 Å². The molecule has 2 heterocycles. The number of aromatic nitrogens is 1. The Morgan fingerprint density at radius 1 is 0.949 bits per heavy atom. The number of esters is 1. The molecule has 1 aliphatic rings. The van der Waals surface area contributed by atoms with Gasteiger partial charge < -0.3 is 14.2 Å². The third-order valence-electron chi connectivity index (χ3n) is 7.03. The summed E-state index contributed by atoms with van der Waals surface area (Å²) in [6.45, 7) is 2.22. The number of halogens is 1. The Labute approximate surface area is 232 Å². The van der Waals surface area contributed by atoms with Gasteiger partial charge in [-0.3, -0.25) is 4.79 Å². The van der Waals surface area contributed by atoms with E-state index in [4.69, 9.17) is 16.3 Å². The molecule has 0 saturated carbocycles. The van der Waals surface area contributed by atoms with E-state index in [1.54, 1.807) is 47.0 Å². The van der Waals surface area contributed by atoms with Crippen LogP contribution in [0.1, 0.15) is 21.6 Å². The van der Waals surface area contributed by atoms with Crippen LogP contribution < -0.4 is 5.43 Å². The second-order valence-electron chi connectivity index (χ2n) is 9.51. The number of carbonyl (C=O) groups is 1. The molecule has 1 fully saturated rings. The molecule has 0 unspecified atom stereocenters. The summed E-state index contributed by atoms with van der Waals surface area (Å²) >= 11 is 6.29. The van der Waals surface area contributed by atoms with Gasteiger partial charge in [0, 0.05) is 54.3 Å². The van der Waals surface area contributed by atoms with Crippen molar-refractivity contribution in [2.24, 2.45) is 0 Å². The van der Waals surface area contributed by atoms with E-state index >= 15 is 0 Å². The highest BCUT2D eigenvalue weighted by atomic mass is 35.5. The molecule has 3 aromatic carbocycles. The minimum atomic E-state index is -3.63. The lowest BCUT2D eigenvalue weighted by Crippen LogP contribution is -2.46. The fraction of sp³-hybridized carbons (Fsp3) is 0.241. The van der Waals surface area contributed by atoms with E-state index in [2.05, 4.69) is 4.90 Å². The number of hydrogen-bond acceptors (Lipinski definition) is 6. The molecule has 5 rings (SSSR count). The zero-order valence-corrected chi connectivity index (χ0v) is 23.2. The van der Waals surface area contributed by atoms with E-state index in [9.17, 15) is 18.0 Å². The van der Waals surface area contributed by atoms with Crippen LogP contribution in [0.3, 0.4) is 0 Å². The van der Waals surface area contributed by atoms with Gasteiger partial charge in [0.05, 0.1) is 17.5 Å².